The zero-order valence-corrected chi connectivity index (χ0v) is 9.38. The van der Waals surface area contributed by atoms with Crippen molar-refractivity contribution in [3.05, 3.63) is 35.4 Å². The molecule has 0 N–H and O–H groups in total. The van der Waals surface area contributed by atoms with Gasteiger partial charge in [-0.1, -0.05) is 6.92 Å². The fourth-order valence-corrected chi connectivity index (χ4v) is 1.86. The molecule has 1 aromatic carbocycles. The van der Waals surface area contributed by atoms with Crippen LogP contribution in [0.15, 0.2) is 18.2 Å². The number of unbranched alkanes of at least 4 members (excludes halogenated alkanes) is 1. The van der Waals surface area contributed by atoms with Gasteiger partial charge in [-0.3, -0.25) is 0 Å². The molecule has 0 aliphatic rings. The Morgan fingerprint density at radius 1 is 1.25 bits per heavy atom. The molecular formula is C13H16F2O. The largest absolute Gasteiger partial charge is 0.303 e. The van der Waals surface area contributed by atoms with Gasteiger partial charge in [-0.25, -0.2) is 8.78 Å². The van der Waals surface area contributed by atoms with Gasteiger partial charge in [0.05, 0.1) is 0 Å². The Labute approximate surface area is 94.5 Å². The predicted octanol–water partition coefficient (Wildman–Crippen LogP) is 3.83. The van der Waals surface area contributed by atoms with E-state index in [2.05, 4.69) is 0 Å². The lowest BCUT2D eigenvalue weighted by Crippen LogP contribution is -1.99. The molecular weight excluding hydrogens is 210 g/mol. The molecule has 0 bridgehead atoms. The number of hydrogen-bond donors (Lipinski definition) is 0. The Bertz CT molecular complexity index is 330. The molecule has 16 heavy (non-hydrogen) atoms. The van der Waals surface area contributed by atoms with Crippen LogP contribution in [-0.4, -0.2) is 6.29 Å². The first-order valence-electron chi connectivity index (χ1n) is 5.57. The van der Waals surface area contributed by atoms with Crippen LogP contribution in [0.4, 0.5) is 8.78 Å². The van der Waals surface area contributed by atoms with E-state index in [-0.39, 0.29) is 5.92 Å². The van der Waals surface area contributed by atoms with Crippen LogP contribution >= 0.6 is 0 Å². The number of aldehydes is 1. The van der Waals surface area contributed by atoms with Crippen LogP contribution in [0.25, 0.3) is 0 Å². The van der Waals surface area contributed by atoms with Gasteiger partial charge < -0.3 is 4.79 Å². The number of carbonyl (C=O) groups is 1. The molecule has 1 aromatic rings. The highest BCUT2D eigenvalue weighted by Gasteiger charge is 2.11. The Kier molecular flexibility index (Phi) is 5.09. The van der Waals surface area contributed by atoms with E-state index in [4.69, 9.17) is 0 Å². The van der Waals surface area contributed by atoms with Crippen LogP contribution in [0.3, 0.4) is 0 Å². The summed E-state index contributed by atoms with van der Waals surface area (Å²) in [6, 6.07) is 3.62. The zero-order valence-electron chi connectivity index (χ0n) is 9.38. The smallest absolute Gasteiger partial charge is 0.126 e. The fourth-order valence-electron chi connectivity index (χ4n) is 1.86. The molecule has 3 heteroatoms. The highest BCUT2D eigenvalue weighted by molar-refractivity contribution is 5.49. The molecule has 1 unspecified atom stereocenters. The number of carbonyl (C=O) groups excluding carboxylic acids is 1. The molecule has 0 fully saturated rings. The Morgan fingerprint density at radius 2 is 1.88 bits per heavy atom. The number of halogens is 2. The number of rotatable bonds is 6. The highest BCUT2D eigenvalue weighted by Crippen LogP contribution is 2.26. The molecule has 1 rings (SSSR count). The van der Waals surface area contributed by atoms with Gasteiger partial charge in [-0.2, -0.15) is 0 Å². The summed E-state index contributed by atoms with van der Waals surface area (Å²) in [5.74, 6) is -0.946. The second kappa shape index (κ2) is 6.36. The summed E-state index contributed by atoms with van der Waals surface area (Å²) in [5, 5.41) is 0. The zero-order chi connectivity index (χ0) is 12.0. The van der Waals surface area contributed by atoms with Crippen LogP contribution in [0.2, 0.25) is 0 Å². The standard InChI is InChI=1S/C13H16F2O/c1-2-10(5-3-4-6-16)11-7-12(14)9-13(15)8-11/h6-10H,2-5H2,1H3. The molecule has 0 saturated carbocycles. The molecule has 0 amide bonds. The van der Waals surface area contributed by atoms with Gasteiger partial charge in [0.15, 0.2) is 0 Å². The van der Waals surface area contributed by atoms with E-state index < -0.39 is 11.6 Å². The lowest BCUT2D eigenvalue weighted by atomic mass is 9.91. The summed E-state index contributed by atoms with van der Waals surface area (Å²) in [6.45, 7) is 1.98. The monoisotopic (exact) mass is 226 g/mol. The molecule has 1 atom stereocenters. The Morgan fingerprint density at radius 3 is 2.38 bits per heavy atom. The molecule has 0 aliphatic heterocycles. The summed E-state index contributed by atoms with van der Waals surface area (Å²) >= 11 is 0. The third-order valence-electron chi connectivity index (χ3n) is 2.72. The van der Waals surface area contributed by atoms with Crippen molar-refractivity contribution in [3.8, 4) is 0 Å². The topological polar surface area (TPSA) is 17.1 Å². The molecule has 0 spiro atoms. The molecule has 0 radical (unpaired) electrons. The summed E-state index contributed by atoms with van der Waals surface area (Å²) in [4.78, 5) is 10.2. The fraction of sp³-hybridized carbons (Fsp3) is 0.462. The molecule has 0 aromatic heterocycles. The van der Waals surface area contributed by atoms with E-state index in [1.165, 1.54) is 12.1 Å². The molecule has 88 valence electrons. The van der Waals surface area contributed by atoms with E-state index in [0.29, 0.717) is 12.0 Å². The van der Waals surface area contributed by atoms with E-state index in [1.807, 2.05) is 6.92 Å². The average molecular weight is 226 g/mol. The van der Waals surface area contributed by atoms with Crippen molar-refractivity contribution < 1.29 is 13.6 Å². The number of hydrogen-bond acceptors (Lipinski definition) is 1. The minimum absolute atomic E-state index is 0.130. The summed E-state index contributed by atoms with van der Waals surface area (Å²) in [7, 11) is 0. The quantitative estimate of drug-likeness (QED) is 0.532. The number of benzene rings is 1. The second-order valence-electron chi connectivity index (χ2n) is 3.91. The van der Waals surface area contributed by atoms with Crippen LogP contribution < -0.4 is 0 Å². The van der Waals surface area contributed by atoms with Crippen LogP contribution in [-0.2, 0) is 4.79 Å². The van der Waals surface area contributed by atoms with E-state index in [0.717, 1.165) is 31.6 Å². The molecule has 0 saturated heterocycles. The first kappa shape index (κ1) is 12.8. The van der Waals surface area contributed by atoms with Crippen LogP contribution in [0.1, 0.15) is 44.1 Å². The third-order valence-corrected chi connectivity index (χ3v) is 2.72. The van der Waals surface area contributed by atoms with Gasteiger partial charge in [0.1, 0.15) is 17.9 Å². The molecule has 1 nitrogen and oxygen atoms in total. The SMILES string of the molecule is CCC(CCCC=O)c1cc(F)cc(F)c1. The highest BCUT2D eigenvalue weighted by atomic mass is 19.1. The van der Waals surface area contributed by atoms with Gasteiger partial charge in [0.25, 0.3) is 0 Å². The maximum Gasteiger partial charge on any atom is 0.126 e. The average Bonchev–Trinajstić information content (AvgIpc) is 2.23. The summed E-state index contributed by atoms with van der Waals surface area (Å²) < 4.78 is 26.0. The van der Waals surface area contributed by atoms with E-state index in [1.54, 1.807) is 0 Å². The van der Waals surface area contributed by atoms with Gasteiger partial charge in [-0.15, -0.1) is 0 Å². The van der Waals surface area contributed by atoms with Crippen molar-refractivity contribution in [3.63, 3.8) is 0 Å². The maximum absolute atomic E-state index is 13.0. The second-order valence-corrected chi connectivity index (χ2v) is 3.91. The molecule has 0 aliphatic carbocycles. The Hall–Kier alpha value is -1.25. The lowest BCUT2D eigenvalue weighted by Gasteiger charge is -2.14. The van der Waals surface area contributed by atoms with Crippen molar-refractivity contribution in [2.45, 2.75) is 38.5 Å². The van der Waals surface area contributed by atoms with Crippen molar-refractivity contribution in [1.82, 2.24) is 0 Å². The van der Waals surface area contributed by atoms with Gasteiger partial charge >= 0.3 is 0 Å². The summed E-state index contributed by atoms with van der Waals surface area (Å²) in [5.41, 5.74) is 0.686. The van der Waals surface area contributed by atoms with E-state index >= 15 is 0 Å². The minimum atomic E-state index is -0.538. The first-order chi connectivity index (χ1) is 7.67. The van der Waals surface area contributed by atoms with Gasteiger partial charge in [-0.05, 0) is 42.9 Å². The third kappa shape index (κ3) is 3.72. The lowest BCUT2D eigenvalue weighted by molar-refractivity contribution is -0.107. The van der Waals surface area contributed by atoms with Gasteiger partial charge in [0, 0.05) is 12.5 Å². The van der Waals surface area contributed by atoms with Crippen LogP contribution in [0.5, 0.6) is 0 Å². The first-order valence-corrected chi connectivity index (χ1v) is 5.57. The van der Waals surface area contributed by atoms with Crippen molar-refractivity contribution in [2.75, 3.05) is 0 Å². The van der Waals surface area contributed by atoms with Gasteiger partial charge in [0.2, 0.25) is 0 Å². The maximum atomic E-state index is 13.0. The predicted molar refractivity (Wildman–Crippen MR) is 59.3 cm³/mol. The minimum Gasteiger partial charge on any atom is -0.303 e. The normalized spacial score (nSPS) is 12.4. The van der Waals surface area contributed by atoms with Crippen molar-refractivity contribution >= 4 is 6.29 Å². The van der Waals surface area contributed by atoms with Crippen molar-refractivity contribution in [2.24, 2.45) is 0 Å². The van der Waals surface area contributed by atoms with Crippen molar-refractivity contribution in [1.29, 1.82) is 0 Å². The summed E-state index contributed by atoms with van der Waals surface area (Å²) in [6.07, 6.45) is 3.76. The van der Waals surface area contributed by atoms with E-state index in [9.17, 15) is 13.6 Å². The van der Waals surface area contributed by atoms with Crippen LogP contribution in [0, 0.1) is 11.6 Å². The Balaban J connectivity index is 2.73. The molecule has 0 heterocycles.